The van der Waals surface area contributed by atoms with Crippen molar-refractivity contribution in [2.75, 3.05) is 18.5 Å². The van der Waals surface area contributed by atoms with E-state index in [4.69, 9.17) is 4.74 Å². The number of carboxylic acids is 1. The van der Waals surface area contributed by atoms with Gasteiger partial charge in [-0.05, 0) is 43.4 Å². The van der Waals surface area contributed by atoms with Gasteiger partial charge in [-0.1, -0.05) is 13.8 Å². The summed E-state index contributed by atoms with van der Waals surface area (Å²) in [5.74, 6) is -1.19. The molecule has 156 valence electrons. The lowest BCUT2D eigenvalue weighted by molar-refractivity contribution is -0.136. The fourth-order valence-corrected chi connectivity index (χ4v) is 2.71. The minimum atomic E-state index is -1.09. The highest BCUT2D eigenvalue weighted by molar-refractivity contribution is 6.12. The third-order valence-corrected chi connectivity index (χ3v) is 4.39. The number of benzene rings is 1. The molecule has 0 saturated heterocycles. The van der Waals surface area contributed by atoms with E-state index in [0.717, 1.165) is 11.3 Å². The second kappa shape index (κ2) is 10.4. The second-order valence-corrected chi connectivity index (χ2v) is 7.21. The van der Waals surface area contributed by atoms with Crippen LogP contribution in [0.3, 0.4) is 0 Å². The SMILES string of the molecule is CC(C)CCOc1ccc(C(=O)O)cc1NC(=O)CCCCN1C(=O)C=CC1=O. The highest BCUT2D eigenvalue weighted by atomic mass is 16.5. The van der Waals surface area contributed by atoms with Crippen LogP contribution in [0.25, 0.3) is 0 Å². The highest BCUT2D eigenvalue weighted by Crippen LogP contribution is 2.27. The van der Waals surface area contributed by atoms with Gasteiger partial charge in [0, 0.05) is 25.1 Å². The van der Waals surface area contributed by atoms with Crippen molar-refractivity contribution in [1.82, 2.24) is 4.90 Å². The van der Waals surface area contributed by atoms with Crippen molar-refractivity contribution in [1.29, 1.82) is 0 Å². The number of ether oxygens (including phenoxy) is 1. The number of aromatic carboxylic acids is 1. The Bertz CT molecular complexity index is 797. The van der Waals surface area contributed by atoms with Crippen LogP contribution in [-0.2, 0) is 14.4 Å². The van der Waals surface area contributed by atoms with E-state index in [1.807, 2.05) is 0 Å². The number of nitrogens with zero attached hydrogens (tertiary/aromatic N) is 1. The number of nitrogens with one attached hydrogen (secondary N) is 1. The van der Waals surface area contributed by atoms with Gasteiger partial charge < -0.3 is 15.2 Å². The minimum absolute atomic E-state index is 0.0510. The lowest BCUT2D eigenvalue weighted by atomic mass is 10.1. The molecule has 0 radical (unpaired) electrons. The predicted octanol–water partition coefficient (Wildman–Crippen LogP) is 2.84. The normalized spacial score (nSPS) is 13.3. The van der Waals surface area contributed by atoms with Crippen LogP contribution in [0.15, 0.2) is 30.4 Å². The number of carbonyl (C=O) groups is 4. The third-order valence-electron chi connectivity index (χ3n) is 4.39. The lowest BCUT2D eigenvalue weighted by Crippen LogP contribution is -2.30. The number of rotatable bonds is 11. The first-order valence-corrected chi connectivity index (χ1v) is 9.61. The Kier molecular flexibility index (Phi) is 7.94. The molecule has 1 aliphatic heterocycles. The van der Waals surface area contributed by atoms with E-state index in [1.54, 1.807) is 0 Å². The van der Waals surface area contributed by atoms with Crippen molar-refractivity contribution in [2.24, 2.45) is 5.92 Å². The molecule has 0 fully saturated rings. The molecule has 8 heteroatoms. The number of amides is 3. The van der Waals surface area contributed by atoms with E-state index in [1.165, 1.54) is 30.4 Å². The van der Waals surface area contributed by atoms with Crippen molar-refractivity contribution >= 4 is 29.4 Å². The van der Waals surface area contributed by atoms with Gasteiger partial charge in [-0.25, -0.2) is 4.79 Å². The number of anilines is 1. The molecular weight excluding hydrogens is 376 g/mol. The van der Waals surface area contributed by atoms with Crippen LogP contribution >= 0.6 is 0 Å². The first kappa shape index (κ1) is 22.1. The van der Waals surface area contributed by atoms with E-state index in [2.05, 4.69) is 19.2 Å². The van der Waals surface area contributed by atoms with Gasteiger partial charge in [0.2, 0.25) is 5.91 Å². The Morgan fingerprint density at radius 2 is 1.83 bits per heavy atom. The minimum Gasteiger partial charge on any atom is -0.491 e. The quantitative estimate of drug-likeness (QED) is 0.435. The Morgan fingerprint density at radius 3 is 2.45 bits per heavy atom. The van der Waals surface area contributed by atoms with Crippen molar-refractivity contribution < 1.29 is 29.0 Å². The van der Waals surface area contributed by atoms with Gasteiger partial charge in [0.15, 0.2) is 0 Å². The molecule has 2 rings (SSSR count). The van der Waals surface area contributed by atoms with Crippen molar-refractivity contribution in [3.63, 3.8) is 0 Å². The van der Waals surface area contributed by atoms with Crippen LogP contribution in [-0.4, -0.2) is 46.8 Å². The zero-order valence-electron chi connectivity index (χ0n) is 16.6. The lowest BCUT2D eigenvalue weighted by Gasteiger charge is -2.15. The van der Waals surface area contributed by atoms with Gasteiger partial charge in [0.1, 0.15) is 5.75 Å². The summed E-state index contributed by atoms with van der Waals surface area (Å²) >= 11 is 0. The van der Waals surface area contributed by atoms with Crippen molar-refractivity contribution in [3.05, 3.63) is 35.9 Å². The van der Waals surface area contributed by atoms with Gasteiger partial charge in [0.05, 0.1) is 17.9 Å². The molecule has 1 aromatic rings. The summed E-state index contributed by atoms with van der Waals surface area (Å²) in [6.07, 6.45) is 4.43. The maximum absolute atomic E-state index is 12.3. The molecule has 0 spiro atoms. The van der Waals surface area contributed by atoms with Crippen LogP contribution in [0.5, 0.6) is 5.75 Å². The highest BCUT2D eigenvalue weighted by Gasteiger charge is 2.22. The molecule has 0 unspecified atom stereocenters. The molecule has 1 aliphatic rings. The average Bonchev–Trinajstić information content (AvgIpc) is 2.97. The Morgan fingerprint density at radius 1 is 1.14 bits per heavy atom. The van der Waals surface area contributed by atoms with Crippen LogP contribution in [0, 0.1) is 5.92 Å². The fraction of sp³-hybridized carbons (Fsp3) is 0.429. The van der Waals surface area contributed by atoms with Gasteiger partial charge in [-0.15, -0.1) is 0 Å². The zero-order chi connectivity index (χ0) is 21.4. The fourth-order valence-electron chi connectivity index (χ4n) is 2.71. The van der Waals surface area contributed by atoms with Crippen LogP contribution in [0.2, 0.25) is 0 Å². The Labute approximate surface area is 169 Å². The summed E-state index contributed by atoms with van der Waals surface area (Å²) < 4.78 is 5.70. The number of hydrogen-bond donors (Lipinski definition) is 2. The molecule has 0 aromatic heterocycles. The third kappa shape index (κ3) is 6.74. The molecule has 0 bridgehead atoms. The number of hydrogen-bond acceptors (Lipinski definition) is 5. The van der Waals surface area contributed by atoms with Crippen LogP contribution < -0.4 is 10.1 Å². The predicted molar refractivity (Wildman–Crippen MR) is 107 cm³/mol. The number of carboxylic acid groups (broad SMARTS) is 1. The van der Waals surface area contributed by atoms with Gasteiger partial charge >= 0.3 is 5.97 Å². The average molecular weight is 402 g/mol. The molecular formula is C21H26N2O6. The molecule has 2 N–H and O–H groups in total. The maximum atomic E-state index is 12.3. The standard InChI is InChI=1S/C21H26N2O6/c1-14(2)10-12-29-17-7-6-15(21(27)28)13-16(17)22-18(24)5-3-4-11-23-19(25)8-9-20(23)26/h6-9,13-14H,3-5,10-12H2,1-2H3,(H,22,24)(H,27,28). The number of unbranched alkanes of at least 4 members (excludes halogenated alkanes) is 1. The van der Waals surface area contributed by atoms with Gasteiger partial charge in [0.25, 0.3) is 11.8 Å². The molecule has 0 aliphatic carbocycles. The first-order chi connectivity index (χ1) is 13.8. The van der Waals surface area contributed by atoms with Crippen molar-refractivity contribution in [3.8, 4) is 5.75 Å². The summed E-state index contributed by atoms with van der Waals surface area (Å²) in [6.45, 7) is 4.85. The summed E-state index contributed by atoms with van der Waals surface area (Å²) in [4.78, 5) is 47.6. The number of imide groups is 1. The molecule has 1 aromatic carbocycles. The van der Waals surface area contributed by atoms with E-state index in [-0.39, 0.29) is 36.3 Å². The monoisotopic (exact) mass is 402 g/mol. The largest absolute Gasteiger partial charge is 0.491 e. The zero-order valence-corrected chi connectivity index (χ0v) is 16.6. The Hall–Kier alpha value is -3.16. The van der Waals surface area contributed by atoms with E-state index < -0.39 is 5.97 Å². The van der Waals surface area contributed by atoms with Crippen molar-refractivity contribution in [2.45, 2.75) is 39.5 Å². The van der Waals surface area contributed by atoms with Gasteiger partial charge in [-0.2, -0.15) is 0 Å². The van der Waals surface area contributed by atoms with E-state index in [9.17, 15) is 24.3 Å². The molecule has 8 nitrogen and oxygen atoms in total. The molecule has 29 heavy (non-hydrogen) atoms. The molecule has 1 heterocycles. The first-order valence-electron chi connectivity index (χ1n) is 9.61. The summed E-state index contributed by atoms with van der Waals surface area (Å²) in [7, 11) is 0. The van der Waals surface area contributed by atoms with E-state index in [0.29, 0.717) is 36.8 Å². The van der Waals surface area contributed by atoms with Crippen LogP contribution in [0.1, 0.15) is 49.9 Å². The van der Waals surface area contributed by atoms with E-state index >= 15 is 0 Å². The second-order valence-electron chi connectivity index (χ2n) is 7.21. The molecule has 0 atom stereocenters. The number of carbonyl (C=O) groups excluding carboxylic acids is 3. The molecule has 3 amide bonds. The topological polar surface area (TPSA) is 113 Å². The summed E-state index contributed by atoms with van der Waals surface area (Å²) in [5.41, 5.74) is 0.364. The van der Waals surface area contributed by atoms with Crippen LogP contribution in [0.4, 0.5) is 5.69 Å². The smallest absolute Gasteiger partial charge is 0.335 e. The summed E-state index contributed by atoms with van der Waals surface area (Å²) in [5, 5.41) is 11.9. The molecule has 0 saturated carbocycles. The van der Waals surface area contributed by atoms with Gasteiger partial charge in [-0.3, -0.25) is 19.3 Å². The maximum Gasteiger partial charge on any atom is 0.335 e. The Balaban J connectivity index is 1.89. The summed E-state index contributed by atoms with van der Waals surface area (Å²) in [6, 6.07) is 4.34.